The van der Waals surface area contributed by atoms with Gasteiger partial charge in [-0.1, -0.05) is 0 Å². The molecule has 1 aromatic heterocycles. The van der Waals surface area contributed by atoms with Crippen molar-refractivity contribution >= 4 is 11.8 Å². The first-order chi connectivity index (χ1) is 19.1. The number of imidazole rings is 1. The second-order valence-electron chi connectivity index (χ2n) is 10.9. The second kappa shape index (κ2) is 12.0. The molecule has 0 spiro atoms. The highest BCUT2D eigenvalue weighted by Gasteiger charge is 2.42. The summed E-state index contributed by atoms with van der Waals surface area (Å²) in [4.78, 5) is 38.3. The van der Waals surface area contributed by atoms with Gasteiger partial charge in [0.15, 0.2) is 17.3 Å². The Bertz CT molecular complexity index is 1290. The fourth-order valence-electron chi connectivity index (χ4n) is 4.63. The van der Waals surface area contributed by atoms with Crippen molar-refractivity contribution < 1.29 is 45.5 Å². The molecule has 1 saturated heterocycles. The van der Waals surface area contributed by atoms with Crippen LogP contribution in [0.3, 0.4) is 0 Å². The molecule has 0 aliphatic carbocycles. The normalized spacial score (nSPS) is 17.0. The molecule has 2 aromatic rings. The standard InChI is InChI=1S/C26H31F6N5O4/c1-25(2,3)41-34-16(10-15-11-18(28)19(29)13-17(15)27)12-21(38)36-4-5-37-20(14-36)22(33-24(37)26(30,31)32)23(39)35-6-8-40-9-7-35/h11,13,16,34H,4-10,12,14H2,1-3H3/t16-/m1/s1. The number of hydrogen-bond acceptors (Lipinski definition) is 6. The van der Waals surface area contributed by atoms with Crippen molar-refractivity contribution in [1.82, 2.24) is 24.8 Å². The molecule has 1 fully saturated rings. The fourth-order valence-corrected chi connectivity index (χ4v) is 4.63. The SMILES string of the molecule is CC(C)(C)ON[C@@H](CC(=O)N1CCn2c(C(F)(F)F)nc(C(=O)N3CCOCC3)c2C1)Cc1cc(F)c(F)cc1F. The van der Waals surface area contributed by atoms with Crippen molar-refractivity contribution in [2.75, 3.05) is 32.8 Å². The Kier molecular flexibility index (Phi) is 8.99. The Morgan fingerprint density at radius 1 is 1.00 bits per heavy atom. The van der Waals surface area contributed by atoms with Crippen LogP contribution in [0, 0.1) is 17.5 Å². The Morgan fingerprint density at radius 3 is 2.29 bits per heavy atom. The molecule has 1 aromatic carbocycles. The number of ether oxygens (including phenoxy) is 1. The van der Waals surface area contributed by atoms with Crippen molar-refractivity contribution in [1.29, 1.82) is 0 Å². The number of morpholine rings is 1. The van der Waals surface area contributed by atoms with E-state index in [0.717, 1.165) is 4.57 Å². The van der Waals surface area contributed by atoms with E-state index in [1.807, 2.05) is 0 Å². The average Bonchev–Trinajstić information content (AvgIpc) is 3.29. The number of amides is 2. The average molecular weight is 592 g/mol. The number of hydroxylamine groups is 1. The zero-order valence-electron chi connectivity index (χ0n) is 22.8. The van der Waals surface area contributed by atoms with Crippen LogP contribution in [0.25, 0.3) is 0 Å². The van der Waals surface area contributed by atoms with Crippen LogP contribution in [0.15, 0.2) is 12.1 Å². The van der Waals surface area contributed by atoms with Gasteiger partial charge in [0.2, 0.25) is 11.7 Å². The predicted molar refractivity (Wildman–Crippen MR) is 132 cm³/mol. The fraction of sp³-hybridized carbons (Fsp3) is 0.577. The maximum atomic E-state index is 14.4. The van der Waals surface area contributed by atoms with Crippen molar-refractivity contribution in [3.63, 3.8) is 0 Å². The first-order valence-corrected chi connectivity index (χ1v) is 13.0. The number of rotatable bonds is 7. The van der Waals surface area contributed by atoms with E-state index >= 15 is 0 Å². The molecule has 41 heavy (non-hydrogen) atoms. The predicted octanol–water partition coefficient (Wildman–Crippen LogP) is 3.45. The van der Waals surface area contributed by atoms with Crippen molar-refractivity contribution in [3.8, 4) is 0 Å². The third-order valence-corrected chi connectivity index (χ3v) is 6.62. The molecule has 15 heteroatoms. The number of benzene rings is 1. The highest BCUT2D eigenvalue weighted by atomic mass is 19.4. The van der Waals surface area contributed by atoms with E-state index in [9.17, 15) is 35.9 Å². The smallest absolute Gasteiger partial charge is 0.378 e. The summed E-state index contributed by atoms with van der Waals surface area (Å²) in [6, 6.07) is 0.196. The lowest BCUT2D eigenvalue weighted by Crippen LogP contribution is -2.45. The number of nitrogens with zero attached hydrogens (tertiary/aromatic N) is 4. The van der Waals surface area contributed by atoms with E-state index < -0.39 is 52.9 Å². The van der Waals surface area contributed by atoms with Crippen LogP contribution < -0.4 is 5.48 Å². The van der Waals surface area contributed by atoms with Gasteiger partial charge in [-0.3, -0.25) is 14.4 Å². The van der Waals surface area contributed by atoms with Gasteiger partial charge in [-0.25, -0.2) is 18.2 Å². The summed E-state index contributed by atoms with van der Waals surface area (Å²) in [6.07, 6.45) is -5.39. The second-order valence-corrected chi connectivity index (χ2v) is 10.9. The van der Waals surface area contributed by atoms with Crippen LogP contribution in [0.4, 0.5) is 26.3 Å². The number of halogens is 6. The van der Waals surface area contributed by atoms with Gasteiger partial charge in [0.1, 0.15) is 5.82 Å². The highest BCUT2D eigenvalue weighted by Crippen LogP contribution is 2.33. The minimum Gasteiger partial charge on any atom is -0.378 e. The zero-order valence-corrected chi connectivity index (χ0v) is 22.8. The number of alkyl halides is 3. The van der Waals surface area contributed by atoms with Gasteiger partial charge in [0.25, 0.3) is 5.91 Å². The maximum absolute atomic E-state index is 14.4. The lowest BCUT2D eigenvalue weighted by atomic mass is 10.0. The topological polar surface area (TPSA) is 88.9 Å². The molecule has 2 aliphatic heterocycles. The number of carbonyl (C=O) groups excluding carboxylic acids is 2. The van der Waals surface area contributed by atoms with E-state index in [1.54, 1.807) is 20.8 Å². The molecule has 4 rings (SSSR count). The van der Waals surface area contributed by atoms with Crippen LogP contribution in [-0.2, 0) is 40.1 Å². The van der Waals surface area contributed by atoms with Gasteiger partial charge in [-0.05, 0) is 38.8 Å². The molecular formula is C26H31F6N5O4. The zero-order chi connectivity index (χ0) is 30.1. The summed E-state index contributed by atoms with van der Waals surface area (Å²) in [5.74, 6) is -6.06. The number of hydrogen-bond donors (Lipinski definition) is 1. The first-order valence-electron chi connectivity index (χ1n) is 13.0. The molecule has 0 saturated carbocycles. The largest absolute Gasteiger partial charge is 0.449 e. The summed E-state index contributed by atoms with van der Waals surface area (Å²) in [5, 5.41) is 0. The van der Waals surface area contributed by atoms with E-state index in [0.29, 0.717) is 12.1 Å². The molecule has 0 unspecified atom stereocenters. The van der Waals surface area contributed by atoms with Gasteiger partial charge in [0.05, 0.1) is 31.1 Å². The van der Waals surface area contributed by atoms with Crippen LogP contribution >= 0.6 is 0 Å². The molecule has 9 nitrogen and oxygen atoms in total. The van der Waals surface area contributed by atoms with E-state index in [2.05, 4.69) is 10.5 Å². The van der Waals surface area contributed by atoms with Gasteiger partial charge in [0, 0.05) is 44.7 Å². The highest BCUT2D eigenvalue weighted by molar-refractivity contribution is 5.94. The Hall–Kier alpha value is -3.17. The third-order valence-electron chi connectivity index (χ3n) is 6.62. The van der Waals surface area contributed by atoms with Crippen molar-refractivity contribution in [2.45, 2.75) is 64.5 Å². The molecule has 3 heterocycles. The molecule has 1 atom stereocenters. The van der Waals surface area contributed by atoms with Gasteiger partial charge in [-0.2, -0.15) is 18.7 Å². The summed E-state index contributed by atoms with van der Waals surface area (Å²) in [6.45, 7) is 5.32. The summed E-state index contributed by atoms with van der Waals surface area (Å²) >= 11 is 0. The number of fused-ring (bicyclic) bond motifs is 1. The van der Waals surface area contributed by atoms with Crippen molar-refractivity contribution in [2.24, 2.45) is 0 Å². The number of aromatic nitrogens is 2. The molecule has 2 amide bonds. The number of nitrogens with one attached hydrogen (secondary N) is 1. The van der Waals surface area contributed by atoms with Gasteiger partial charge in [-0.15, -0.1) is 0 Å². The van der Waals surface area contributed by atoms with Crippen LogP contribution in [0.2, 0.25) is 0 Å². The lowest BCUT2D eigenvalue weighted by Gasteiger charge is -2.32. The summed E-state index contributed by atoms with van der Waals surface area (Å²) in [7, 11) is 0. The van der Waals surface area contributed by atoms with Crippen molar-refractivity contribution in [3.05, 3.63) is 52.4 Å². The Balaban J connectivity index is 1.56. The molecule has 0 bridgehead atoms. The van der Waals surface area contributed by atoms with E-state index in [4.69, 9.17) is 9.57 Å². The Morgan fingerprint density at radius 2 is 1.66 bits per heavy atom. The number of carbonyl (C=O) groups is 2. The lowest BCUT2D eigenvalue weighted by molar-refractivity contribution is -0.148. The monoisotopic (exact) mass is 591 g/mol. The Labute approximate surface area is 232 Å². The van der Waals surface area contributed by atoms with Gasteiger partial charge >= 0.3 is 6.18 Å². The maximum Gasteiger partial charge on any atom is 0.449 e. The van der Waals surface area contributed by atoms with Crippen LogP contribution in [0.5, 0.6) is 0 Å². The third kappa shape index (κ3) is 7.38. The van der Waals surface area contributed by atoms with Gasteiger partial charge < -0.3 is 19.1 Å². The quantitative estimate of drug-likeness (QED) is 0.302. The molecule has 1 N–H and O–H groups in total. The minimum atomic E-state index is -4.82. The van der Waals surface area contributed by atoms with Crippen LogP contribution in [0.1, 0.15) is 54.8 Å². The summed E-state index contributed by atoms with van der Waals surface area (Å²) < 4.78 is 89.1. The minimum absolute atomic E-state index is 0.0458. The molecule has 226 valence electrons. The molecule has 2 aliphatic rings. The molecule has 0 radical (unpaired) electrons. The van der Waals surface area contributed by atoms with E-state index in [-0.39, 0.29) is 75.7 Å². The molecular weight excluding hydrogens is 560 g/mol. The van der Waals surface area contributed by atoms with E-state index in [1.165, 1.54) is 9.80 Å². The first kappa shape index (κ1) is 30.8. The summed E-state index contributed by atoms with van der Waals surface area (Å²) in [5.41, 5.74) is 1.33. The van der Waals surface area contributed by atoms with Crippen LogP contribution in [-0.4, -0.2) is 75.7 Å².